The molecule has 1 amide bonds. The number of rotatable bonds is 1. The van der Waals surface area contributed by atoms with E-state index in [9.17, 15) is 9.59 Å². The van der Waals surface area contributed by atoms with Crippen molar-refractivity contribution in [2.24, 2.45) is 0 Å². The first-order valence-corrected chi connectivity index (χ1v) is 8.80. The minimum Gasteiger partial charge on any atom is -0.307 e. The molecule has 3 nitrogen and oxygen atoms in total. The van der Waals surface area contributed by atoms with Crippen LogP contribution in [0.25, 0.3) is 0 Å². The standard InChI is InChI=1S/C23H17NO2/c25-21-18-11-5-4-10-17(18)14-23(21)15-24(20-13-7-6-12-19(20)23)22(26)16-8-2-1-3-9-16/h1-13H,14-15H2. The van der Waals surface area contributed by atoms with Gasteiger partial charge in [0, 0.05) is 23.4 Å². The van der Waals surface area contributed by atoms with E-state index in [1.807, 2.05) is 78.9 Å². The largest absolute Gasteiger partial charge is 0.307 e. The third kappa shape index (κ3) is 1.94. The van der Waals surface area contributed by atoms with Crippen molar-refractivity contribution in [3.63, 3.8) is 0 Å². The Hall–Kier alpha value is -3.20. The zero-order valence-electron chi connectivity index (χ0n) is 14.2. The Bertz CT molecular complexity index is 1040. The van der Waals surface area contributed by atoms with E-state index in [2.05, 4.69) is 0 Å². The normalized spacial score (nSPS) is 20.3. The molecular weight excluding hydrogens is 322 g/mol. The molecule has 3 aromatic carbocycles. The van der Waals surface area contributed by atoms with Gasteiger partial charge in [0.25, 0.3) is 5.91 Å². The van der Waals surface area contributed by atoms with Crippen molar-refractivity contribution in [1.82, 2.24) is 0 Å². The second kappa shape index (κ2) is 5.40. The highest BCUT2D eigenvalue weighted by Gasteiger charge is 2.53. The Kier molecular flexibility index (Phi) is 3.13. The van der Waals surface area contributed by atoms with Crippen molar-refractivity contribution in [3.8, 4) is 0 Å². The number of ketones is 1. The fourth-order valence-electron chi connectivity index (χ4n) is 4.38. The van der Waals surface area contributed by atoms with E-state index in [4.69, 9.17) is 0 Å². The summed E-state index contributed by atoms with van der Waals surface area (Å²) in [6, 6.07) is 24.9. The van der Waals surface area contributed by atoms with Gasteiger partial charge in [-0.1, -0.05) is 60.7 Å². The summed E-state index contributed by atoms with van der Waals surface area (Å²) in [7, 11) is 0. The van der Waals surface area contributed by atoms with E-state index in [-0.39, 0.29) is 11.7 Å². The Morgan fingerprint density at radius 3 is 2.35 bits per heavy atom. The molecular formula is C23H17NO2. The molecule has 0 saturated carbocycles. The lowest BCUT2D eigenvalue weighted by molar-refractivity contribution is 0.0906. The summed E-state index contributed by atoms with van der Waals surface area (Å²) in [4.78, 5) is 28.3. The van der Waals surface area contributed by atoms with Crippen molar-refractivity contribution < 1.29 is 9.59 Å². The fraction of sp³-hybridized carbons (Fsp3) is 0.130. The lowest BCUT2D eigenvalue weighted by atomic mass is 9.78. The molecule has 2 aliphatic rings. The highest BCUT2D eigenvalue weighted by molar-refractivity contribution is 6.15. The average molecular weight is 339 g/mol. The second-order valence-electron chi connectivity index (χ2n) is 7.02. The quantitative estimate of drug-likeness (QED) is 0.671. The summed E-state index contributed by atoms with van der Waals surface area (Å²) in [5.74, 6) is 0.0718. The van der Waals surface area contributed by atoms with Crippen LogP contribution in [-0.2, 0) is 11.8 Å². The summed E-state index contributed by atoms with van der Waals surface area (Å²) >= 11 is 0. The van der Waals surface area contributed by atoms with Gasteiger partial charge in [-0.2, -0.15) is 0 Å². The van der Waals surface area contributed by atoms with Crippen molar-refractivity contribution in [2.75, 3.05) is 11.4 Å². The Morgan fingerprint density at radius 1 is 0.846 bits per heavy atom. The number of Topliss-reactive ketones (excluding diaryl/α,β-unsaturated/α-hetero) is 1. The highest BCUT2D eigenvalue weighted by Crippen LogP contribution is 2.49. The van der Waals surface area contributed by atoms with E-state index in [0.717, 1.165) is 22.4 Å². The summed E-state index contributed by atoms with van der Waals surface area (Å²) in [5, 5.41) is 0. The smallest absolute Gasteiger partial charge is 0.258 e. The van der Waals surface area contributed by atoms with Crippen LogP contribution in [0.2, 0.25) is 0 Å². The summed E-state index contributed by atoms with van der Waals surface area (Å²) in [6.45, 7) is 0.396. The van der Waals surface area contributed by atoms with Crippen molar-refractivity contribution >= 4 is 17.4 Å². The number of para-hydroxylation sites is 1. The van der Waals surface area contributed by atoms with Gasteiger partial charge in [-0.15, -0.1) is 0 Å². The highest BCUT2D eigenvalue weighted by atomic mass is 16.2. The van der Waals surface area contributed by atoms with Gasteiger partial charge >= 0.3 is 0 Å². The van der Waals surface area contributed by atoms with Gasteiger partial charge < -0.3 is 4.90 Å². The van der Waals surface area contributed by atoms with Gasteiger partial charge in [-0.3, -0.25) is 9.59 Å². The number of nitrogens with zero attached hydrogens (tertiary/aromatic N) is 1. The van der Waals surface area contributed by atoms with Gasteiger partial charge in [-0.05, 0) is 35.7 Å². The lowest BCUT2D eigenvalue weighted by Gasteiger charge is -2.23. The molecule has 1 unspecified atom stereocenters. The van der Waals surface area contributed by atoms with Gasteiger partial charge in [-0.25, -0.2) is 0 Å². The molecule has 5 rings (SSSR count). The molecule has 0 saturated heterocycles. The first kappa shape index (κ1) is 15.1. The molecule has 1 heterocycles. The van der Waals surface area contributed by atoms with E-state index >= 15 is 0 Å². The van der Waals surface area contributed by atoms with Crippen molar-refractivity contribution in [1.29, 1.82) is 0 Å². The minimum absolute atomic E-state index is 0.0568. The third-order valence-electron chi connectivity index (χ3n) is 5.59. The maximum atomic E-state index is 13.4. The molecule has 0 fully saturated rings. The number of carbonyl (C=O) groups is 2. The number of hydrogen-bond donors (Lipinski definition) is 0. The zero-order chi connectivity index (χ0) is 17.7. The molecule has 1 aliphatic heterocycles. The number of fused-ring (bicyclic) bond motifs is 3. The maximum absolute atomic E-state index is 13.4. The number of benzene rings is 3. The predicted molar refractivity (Wildman–Crippen MR) is 101 cm³/mol. The van der Waals surface area contributed by atoms with Gasteiger partial charge in [0.15, 0.2) is 5.78 Å². The topological polar surface area (TPSA) is 37.4 Å². The number of hydrogen-bond acceptors (Lipinski definition) is 2. The molecule has 0 aromatic heterocycles. The second-order valence-corrected chi connectivity index (χ2v) is 7.02. The monoisotopic (exact) mass is 339 g/mol. The van der Waals surface area contributed by atoms with E-state index in [1.54, 1.807) is 4.90 Å². The number of amides is 1. The van der Waals surface area contributed by atoms with E-state index in [0.29, 0.717) is 18.5 Å². The van der Waals surface area contributed by atoms with E-state index < -0.39 is 5.41 Å². The Labute approximate surface area is 151 Å². The molecule has 1 spiro atoms. The summed E-state index contributed by atoms with van der Waals surface area (Å²) in [6.07, 6.45) is 0.650. The van der Waals surface area contributed by atoms with Gasteiger partial charge in [0.05, 0.1) is 5.41 Å². The molecule has 0 radical (unpaired) electrons. The molecule has 3 aromatic rings. The van der Waals surface area contributed by atoms with Gasteiger partial charge in [0.1, 0.15) is 0 Å². The van der Waals surface area contributed by atoms with E-state index in [1.165, 1.54) is 0 Å². The Balaban J connectivity index is 1.63. The summed E-state index contributed by atoms with van der Waals surface area (Å²) < 4.78 is 0. The molecule has 3 heteroatoms. The summed E-state index contributed by atoms with van der Waals surface area (Å²) in [5.41, 5.74) is 3.65. The third-order valence-corrected chi connectivity index (χ3v) is 5.59. The fourth-order valence-corrected chi connectivity index (χ4v) is 4.38. The van der Waals surface area contributed by atoms with Gasteiger partial charge in [0.2, 0.25) is 0 Å². The van der Waals surface area contributed by atoms with Crippen LogP contribution in [0.1, 0.15) is 31.8 Å². The van der Waals surface area contributed by atoms with Crippen LogP contribution < -0.4 is 4.90 Å². The van der Waals surface area contributed by atoms with Crippen LogP contribution in [-0.4, -0.2) is 18.2 Å². The zero-order valence-corrected chi connectivity index (χ0v) is 14.2. The van der Waals surface area contributed by atoms with Crippen LogP contribution in [0.15, 0.2) is 78.9 Å². The number of anilines is 1. The van der Waals surface area contributed by atoms with Crippen molar-refractivity contribution in [3.05, 3.63) is 101 Å². The van der Waals surface area contributed by atoms with Crippen LogP contribution in [0.4, 0.5) is 5.69 Å². The maximum Gasteiger partial charge on any atom is 0.258 e. The first-order valence-electron chi connectivity index (χ1n) is 8.80. The molecule has 26 heavy (non-hydrogen) atoms. The first-order chi connectivity index (χ1) is 12.7. The molecule has 0 bridgehead atoms. The molecule has 126 valence electrons. The van der Waals surface area contributed by atoms with Crippen LogP contribution in [0.3, 0.4) is 0 Å². The van der Waals surface area contributed by atoms with Crippen molar-refractivity contribution in [2.45, 2.75) is 11.8 Å². The average Bonchev–Trinajstić information content (AvgIpc) is 3.18. The van der Waals surface area contributed by atoms with Crippen LogP contribution in [0, 0.1) is 0 Å². The van der Waals surface area contributed by atoms with Crippen LogP contribution in [0.5, 0.6) is 0 Å². The Morgan fingerprint density at radius 2 is 1.54 bits per heavy atom. The molecule has 1 atom stereocenters. The number of carbonyl (C=O) groups excluding carboxylic acids is 2. The van der Waals surface area contributed by atoms with Crippen LogP contribution >= 0.6 is 0 Å². The predicted octanol–water partition coefficient (Wildman–Crippen LogP) is 4.02. The minimum atomic E-state index is -0.662. The SMILES string of the molecule is O=C(c1ccccc1)N1CC2(Cc3ccccc3C2=O)c2ccccc21. The molecule has 1 aliphatic carbocycles. The molecule has 0 N–H and O–H groups in total. The lowest BCUT2D eigenvalue weighted by Crippen LogP contribution is -2.41.